The van der Waals surface area contributed by atoms with Crippen molar-refractivity contribution in [1.82, 2.24) is 15.1 Å². The van der Waals surface area contributed by atoms with Gasteiger partial charge in [0.15, 0.2) is 5.69 Å². The molecule has 0 spiro atoms. The summed E-state index contributed by atoms with van der Waals surface area (Å²) in [7, 11) is 1.62. The van der Waals surface area contributed by atoms with Gasteiger partial charge in [0.1, 0.15) is 11.4 Å². The number of carbonyl (C=O) groups excluding carboxylic acids is 1. The number of nitrogens with zero attached hydrogens (tertiary/aromatic N) is 2. The average Bonchev–Trinajstić information content (AvgIpc) is 3.24. The number of rotatable bonds is 5. The molecule has 1 amide bonds. The van der Waals surface area contributed by atoms with E-state index in [1.807, 2.05) is 25.1 Å². The summed E-state index contributed by atoms with van der Waals surface area (Å²) in [6.45, 7) is 2.47. The van der Waals surface area contributed by atoms with Crippen LogP contribution in [0.15, 0.2) is 30.5 Å². The second-order valence-corrected chi connectivity index (χ2v) is 6.47. The lowest BCUT2D eigenvalue weighted by atomic mass is 9.97. The number of nitrogens with one attached hydrogen (secondary N) is 1. The van der Waals surface area contributed by atoms with Crippen LogP contribution >= 0.6 is 12.4 Å². The van der Waals surface area contributed by atoms with Gasteiger partial charge in [0.2, 0.25) is 0 Å². The van der Waals surface area contributed by atoms with Crippen LogP contribution in [0.3, 0.4) is 0 Å². The van der Waals surface area contributed by atoms with Gasteiger partial charge in [-0.25, -0.2) is 4.68 Å². The van der Waals surface area contributed by atoms with Gasteiger partial charge in [-0.3, -0.25) is 4.79 Å². The summed E-state index contributed by atoms with van der Waals surface area (Å²) < 4.78 is 7.06. The van der Waals surface area contributed by atoms with Crippen molar-refractivity contribution in [3.8, 4) is 11.4 Å². The van der Waals surface area contributed by atoms with Crippen LogP contribution in [0.5, 0.6) is 5.75 Å². The van der Waals surface area contributed by atoms with E-state index in [9.17, 15) is 4.79 Å². The molecule has 1 fully saturated rings. The van der Waals surface area contributed by atoms with Gasteiger partial charge < -0.3 is 15.8 Å². The molecule has 1 aliphatic rings. The molecule has 6 nitrogen and oxygen atoms in total. The number of aryl methyl sites for hydroxylation is 1. The molecule has 1 heterocycles. The number of ether oxygens (including phenoxy) is 1. The van der Waals surface area contributed by atoms with Crippen molar-refractivity contribution in [2.24, 2.45) is 5.73 Å². The van der Waals surface area contributed by atoms with E-state index in [4.69, 9.17) is 10.5 Å². The molecule has 3 rings (SSSR count). The van der Waals surface area contributed by atoms with Crippen LogP contribution in [-0.4, -0.2) is 34.9 Å². The number of nitrogens with two attached hydrogens (primary N) is 1. The van der Waals surface area contributed by atoms with Crippen LogP contribution in [0.4, 0.5) is 0 Å². The third-order valence-corrected chi connectivity index (χ3v) is 4.73. The first-order chi connectivity index (χ1) is 11.6. The molecule has 0 atom stereocenters. The molecular weight excluding hydrogens is 340 g/mol. The molecule has 7 heteroatoms. The van der Waals surface area contributed by atoms with E-state index in [0.717, 1.165) is 36.9 Å². The predicted molar refractivity (Wildman–Crippen MR) is 99.8 cm³/mol. The van der Waals surface area contributed by atoms with E-state index in [-0.39, 0.29) is 23.9 Å². The topological polar surface area (TPSA) is 82.2 Å². The quantitative estimate of drug-likeness (QED) is 0.854. The standard InChI is InChI=1S/C18H24N4O2.ClH/c1-13-5-6-16(24-2)15(11-13)22-10-7-14(21-22)17(23)20-18(12-19)8-3-4-9-18;/h5-7,10-11H,3-4,8-9,12,19H2,1-2H3,(H,20,23);1H. The molecule has 0 aliphatic heterocycles. The number of carbonyl (C=O) groups is 1. The van der Waals surface area contributed by atoms with Crippen LogP contribution in [0.1, 0.15) is 41.7 Å². The summed E-state index contributed by atoms with van der Waals surface area (Å²) in [4.78, 5) is 12.6. The Morgan fingerprint density at radius 3 is 2.72 bits per heavy atom. The van der Waals surface area contributed by atoms with E-state index in [0.29, 0.717) is 18.0 Å². The minimum absolute atomic E-state index is 0. The van der Waals surface area contributed by atoms with Gasteiger partial charge in [0.05, 0.1) is 12.6 Å². The second kappa shape index (κ2) is 7.89. The van der Waals surface area contributed by atoms with Crippen molar-refractivity contribution in [3.05, 3.63) is 41.7 Å². The third-order valence-electron chi connectivity index (χ3n) is 4.73. The SMILES string of the molecule is COc1ccc(C)cc1-n1ccc(C(=O)NC2(CN)CCCC2)n1.Cl. The van der Waals surface area contributed by atoms with Crippen LogP contribution in [0.25, 0.3) is 5.69 Å². The van der Waals surface area contributed by atoms with E-state index >= 15 is 0 Å². The van der Waals surface area contributed by atoms with Crippen molar-refractivity contribution in [1.29, 1.82) is 0 Å². The summed E-state index contributed by atoms with van der Waals surface area (Å²) in [5.74, 6) is 0.539. The fraction of sp³-hybridized carbons (Fsp3) is 0.444. The molecule has 25 heavy (non-hydrogen) atoms. The summed E-state index contributed by atoms with van der Waals surface area (Å²) in [5, 5.41) is 7.51. The Hall–Kier alpha value is -2.05. The number of halogens is 1. The van der Waals surface area contributed by atoms with Gasteiger partial charge in [-0.1, -0.05) is 18.9 Å². The predicted octanol–water partition coefficient (Wildman–Crippen LogP) is 2.61. The first-order valence-electron chi connectivity index (χ1n) is 8.30. The lowest BCUT2D eigenvalue weighted by Gasteiger charge is -2.28. The Balaban J connectivity index is 0.00000225. The maximum atomic E-state index is 12.6. The van der Waals surface area contributed by atoms with Crippen molar-refractivity contribution in [2.45, 2.75) is 38.1 Å². The van der Waals surface area contributed by atoms with Gasteiger partial charge in [-0.05, 0) is 43.5 Å². The highest BCUT2D eigenvalue weighted by atomic mass is 35.5. The largest absolute Gasteiger partial charge is 0.494 e. The highest BCUT2D eigenvalue weighted by Crippen LogP contribution is 2.29. The minimum Gasteiger partial charge on any atom is -0.494 e. The number of hydrogen-bond acceptors (Lipinski definition) is 4. The monoisotopic (exact) mass is 364 g/mol. The van der Waals surface area contributed by atoms with Crippen LogP contribution in [0.2, 0.25) is 0 Å². The molecule has 1 aromatic carbocycles. The van der Waals surface area contributed by atoms with Gasteiger partial charge in [-0.2, -0.15) is 5.10 Å². The van der Waals surface area contributed by atoms with Gasteiger partial charge in [0, 0.05) is 12.7 Å². The fourth-order valence-electron chi connectivity index (χ4n) is 3.30. The van der Waals surface area contributed by atoms with Crippen LogP contribution < -0.4 is 15.8 Å². The van der Waals surface area contributed by atoms with Gasteiger partial charge in [0.25, 0.3) is 5.91 Å². The van der Waals surface area contributed by atoms with Crippen LogP contribution in [0, 0.1) is 6.92 Å². The first kappa shape index (κ1) is 19.3. The lowest BCUT2D eigenvalue weighted by Crippen LogP contribution is -2.51. The van der Waals surface area contributed by atoms with Crippen molar-refractivity contribution in [3.63, 3.8) is 0 Å². The molecule has 1 aliphatic carbocycles. The third kappa shape index (κ3) is 3.96. The highest BCUT2D eigenvalue weighted by molar-refractivity contribution is 5.92. The minimum atomic E-state index is -0.276. The fourth-order valence-corrected chi connectivity index (χ4v) is 3.30. The van der Waals surface area contributed by atoms with Crippen LogP contribution in [-0.2, 0) is 0 Å². The summed E-state index contributed by atoms with van der Waals surface area (Å²) in [5.41, 5.74) is 7.91. The Morgan fingerprint density at radius 2 is 2.08 bits per heavy atom. The molecule has 0 bridgehead atoms. The molecule has 136 valence electrons. The molecule has 0 saturated heterocycles. The van der Waals surface area contributed by atoms with E-state index in [1.165, 1.54) is 0 Å². The van der Waals surface area contributed by atoms with Gasteiger partial charge in [-0.15, -0.1) is 12.4 Å². The summed E-state index contributed by atoms with van der Waals surface area (Å²) in [6.07, 6.45) is 5.85. The first-order valence-corrected chi connectivity index (χ1v) is 8.30. The van der Waals surface area contributed by atoms with E-state index in [2.05, 4.69) is 10.4 Å². The Morgan fingerprint density at radius 1 is 1.36 bits per heavy atom. The number of benzene rings is 1. The number of amides is 1. The maximum absolute atomic E-state index is 12.6. The molecule has 0 radical (unpaired) electrons. The molecular formula is C18H25ClN4O2. The van der Waals surface area contributed by atoms with Gasteiger partial charge >= 0.3 is 0 Å². The Bertz CT molecular complexity index is 738. The average molecular weight is 365 g/mol. The lowest BCUT2D eigenvalue weighted by molar-refractivity contribution is 0.0897. The Kier molecular flexibility index (Phi) is 6.08. The van der Waals surface area contributed by atoms with Crippen molar-refractivity contribution >= 4 is 18.3 Å². The molecule has 2 aromatic rings. The zero-order valence-electron chi connectivity index (χ0n) is 14.6. The zero-order valence-corrected chi connectivity index (χ0v) is 15.4. The summed E-state index contributed by atoms with van der Waals surface area (Å²) in [6, 6.07) is 7.57. The highest BCUT2D eigenvalue weighted by Gasteiger charge is 2.34. The molecule has 0 unspecified atom stereocenters. The number of methoxy groups -OCH3 is 1. The Labute approximate surface area is 154 Å². The molecule has 3 N–H and O–H groups in total. The van der Waals surface area contributed by atoms with E-state index in [1.54, 1.807) is 24.1 Å². The normalized spacial score (nSPS) is 15.5. The smallest absolute Gasteiger partial charge is 0.272 e. The van der Waals surface area contributed by atoms with Crippen molar-refractivity contribution in [2.75, 3.05) is 13.7 Å². The maximum Gasteiger partial charge on any atom is 0.272 e. The number of hydrogen-bond donors (Lipinski definition) is 2. The molecule has 1 aromatic heterocycles. The second-order valence-electron chi connectivity index (χ2n) is 6.47. The van der Waals surface area contributed by atoms with Crippen molar-refractivity contribution < 1.29 is 9.53 Å². The molecule has 1 saturated carbocycles. The number of aromatic nitrogens is 2. The van der Waals surface area contributed by atoms with E-state index < -0.39 is 0 Å². The summed E-state index contributed by atoms with van der Waals surface area (Å²) >= 11 is 0. The zero-order chi connectivity index (χ0) is 17.2.